The molecule has 0 fully saturated rings. The Balaban J connectivity index is 1.56. The lowest BCUT2D eigenvalue weighted by Gasteiger charge is -2.16. The average molecular weight is 326 g/mol. The lowest BCUT2D eigenvalue weighted by atomic mass is 10.3. The molecule has 1 aromatic carbocycles. The Morgan fingerprint density at radius 2 is 2.09 bits per heavy atom. The van der Waals surface area contributed by atoms with Crippen LogP contribution in [0.3, 0.4) is 0 Å². The van der Waals surface area contributed by atoms with E-state index in [9.17, 15) is 4.79 Å². The van der Waals surface area contributed by atoms with Crippen LogP contribution in [0.4, 0.5) is 4.79 Å². The topological polar surface area (TPSA) is 50.2 Å². The first-order valence-electron chi connectivity index (χ1n) is 7.33. The smallest absolute Gasteiger partial charge is 0.317 e. The molecule has 0 unspecified atom stereocenters. The lowest BCUT2D eigenvalue weighted by molar-refractivity contribution is 0.206. The number of benzene rings is 1. The Kier molecular flexibility index (Phi) is 4.73. The molecule has 0 aliphatic carbocycles. The Bertz CT molecular complexity index is 752. The van der Waals surface area contributed by atoms with Gasteiger partial charge in [-0.1, -0.05) is 24.3 Å². The normalized spacial score (nSPS) is 10.5. The van der Waals surface area contributed by atoms with Gasteiger partial charge in [-0.25, -0.2) is 9.48 Å². The Morgan fingerprint density at radius 1 is 1.26 bits per heavy atom. The van der Waals surface area contributed by atoms with Gasteiger partial charge in [0.15, 0.2) is 0 Å². The van der Waals surface area contributed by atoms with Crippen LogP contribution in [0.15, 0.2) is 60.2 Å². The second-order valence-corrected chi connectivity index (χ2v) is 6.26. The molecular weight excluding hydrogens is 308 g/mol. The molecule has 2 heterocycles. The van der Waals surface area contributed by atoms with Crippen LogP contribution in [-0.4, -0.2) is 27.8 Å². The fourth-order valence-electron chi connectivity index (χ4n) is 2.22. The van der Waals surface area contributed by atoms with Gasteiger partial charge in [0.1, 0.15) is 0 Å². The standard InChI is InChI=1S/C17H18N4OS/c1-20(17(22)18-11-16-8-5-9-23-16)12-14-10-19-21(13-14)15-6-3-2-4-7-15/h2-10,13H,11-12H2,1H3,(H,18,22). The summed E-state index contributed by atoms with van der Waals surface area (Å²) in [5.74, 6) is 0. The number of urea groups is 1. The zero-order chi connectivity index (χ0) is 16.1. The quantitative estimate of drug-likeness (QED) is 0.782. The maximum absolute atomic E-state index is 12.1. The predicted molar refractivity (Wildman–Crippen MR) is 91.6 cm³/mol. The molecule has 6 heteroatoms. The lowest BCUT2D eigenvalue weighted by Crippen LogP contribution is -2.36. The second-order valence-electron chi connectivity index (χ2n) is 5.22. The van der Waals surface area contributed by atoms with E-state index in [-0.39, 0.29) is 6.03 Å². The van der Waals surface area contributed by atoms with Crippen LogP contribution >= 0.6 is 11.3 Å². The number of nitrogens with zero attached hydrogens (tertiary/aromatic N) is 3. The average Bonchev–Trinajstić information content (AvgIpc) is 3.25. The highest BCUT2D eigenvalue weighted by molar-refractivity contribution is 7.09. The number of nitrogens with one attached hydrogen (secondary N) is 1. The third-order valence-corrected chi connectivity index (χ3v) is 4.29. The Hall–Kier alpha value is -2.60. The van der Waals surface area contributed by atoms with E-state index in [2.05, 4.69) is 10.4 Å². The molecule has 0 spiro atoms. The van der Waals surface area contributed by atoms with Crippen molar-refractivity contribution < 1.29 is 4.79 Å². The van der Waals surface area contributed by atoms with Crippen LogP contribution in [0.25, 0.3) is 5.69 Å². The number of hydrogen-bond donors (Lipinski definition) is 1. The molecule has 0 aliphatic rings. The van der Waals surface area contributed by atoms with E-state index in [0.29, 0.717) is 13.1 Å². The van der Waals surface area contributed by atoms with E-state index in [1.165, 1.54) is 0 Å². The van der Waals surface area contributed by atoms with E-state index in [4.69, 9.17) is 0 Å². The summed E-state index contributed by atoms with van der Waals surface area (Å²) in [4.78, 5) is 14.9. The predicted octanol–water partition coefficient (Wildman–Crippen LogP) is 3.28. The number of amides is 2. The van der Waals surface area contributed by atoms with Gasteiger partial charge in [0.05, 0.1) is 25.0 Å². The molecule has 2 amide bonds. The third-order valence-electron chi connectivity index (χ3n) is 3.42. The summed E-state index contributed by atoms with van der Waals surface area (Å²) in [6.45, 7) is 1.08. The summed E-state index contributed by atoms with van der Waals surface area (Å²) >= 11 is 1.63. The molecule has 118 valence electrons. The minimum atomic E-state index is -0.0918. The zero-order valence-electron chi connectivity index (χ0n) is 12.8. The molecular formula is C17H18N4OS. The van der Waals surface area contributed by atoms with Crippen LogP contribution in [0.5, 0.6) is 0 Å². The van der Waals surface area contributed by atoms with Crippen LogP contribution in [-0.2, 0) is 13.1 Å². The summed E-state index contributed by atoms with van der Waals surface area (Å²) in [5.41, 5.74) is 1.99. The second kappa shape index (κ2) is 7.11. The fraction of sp³-hybridized carbons (Fsp3) is 0.176. The van der Waals surface area contributed by atoms with Gasteiger partial charge in [0.25, 0.3) is 0 Å². The number of aromatic nitrogens is 2. The highest BCUT2D eigenvalue weighted by Gasteiger charge is 2.10. The Morgan fingerprint density at radius 3 is 2.83 bits per heavy atom. The van der Waals surface area contributed by atoms with Crippen molar-refractivity contribution in [3.05, 3.63) is 70.7 Å². The Labute approximate surface area is 139 Å². The van der Waals surface area contributed by atoms with Crippen molar-refractivity contribution in [3.63, 3.8) is 0 Å². The van der Waals surface area contributed by atoms with Crippen LogP contribution in [0, 0.1) is 0 Å². The van der Waals surface area contributed by atoms with E-state index < -0.39 is 0 Å². The highest BCUT2D eigenvalue weighted by Crippen LogP contribution is 2.10. The third kappa shape index (κ3) is 3.98. The minimum Gasteiger partial charge on any atom is -0.333 e. The molecule has 3 aromatic rings. The maximum Gasteiger partial charge on any atom is 0.317 e. The van der Waals surface area contributed by atoms with E-state index in [1.807, 2.05) is 58.7 Å². The van der Waals surface area contributed by atoms with E-state index in [1.54, 1.807) is 29.5 Å². The van der Waals surface area contributed by atoms with Crippen molar-refractivity contribution in [1.82, 2.24) is 20.0 Å². The fourth-order valence-corrected chi connectivity index (χ4v) is 2.86. The molecule has 0 saturated heterocycles. The molecule has 5 nitrogen and oxygen atoms in total. The summed E-state index contributed by atoms with van der Waals surface area (Å²) in [7, 11) is 1.78. The van der Waals surface area contributed by atoms with Crippen molar-refractivity contribution in [2.45, 2.75) is 13.1 Å². The van der Waals surface area contributed by atoms with Crippen molar-refractivity contribution in [1.29, 1.82) is 0 Å². The summed E-state index contributed by atoms with van der Waals surface area (Å²) in [6, 6.07) is 13.8. The molecule has 23 heavy (non-hydrogen) atoms. The SMILES string of the molecule is CN(Cc1cnn(-c2ccccc2)c1)C(=O)NCc1cccs1. The van der Waals surface area contributed by atoms with Gasteiger partial charge in [0.2, 0.25) is 0 Å². The molecule has 0 atom stereocenters. The monoisotopic (exact) mass is 326 g/mol. The molecule has 0 bridgehead atoms. The molecule has 3 rings (SSSR count). The number of thiophene rings is 1. The largest absolute Gasteiger partial charge is 0.333 e. The minimum absolute atomic E-state index is 0.0918. The number of para-hydroxylation sites is 1. The molecule has 0 radical (unpaired) electrons. The van der Waals surface area contributed by atoms with Gasteiger partial charge in [-0.2, -0.15) is 5.10 Å². The van der Waals surface area contributed by atoms with Crippen molar-refractivity contribution in [3.8, 4) is 5.69 Å². The van der Waals surface area contributed by atoms with Gasteiger partial charge in [-0.15, -0.1) is 11.3 Å². The first kappa shape index (κ1) is 15.3. The van der Waals surface area contributed by atoms with Crippen molar-refractivity contribution in [2.24, 2.45) is 0 Å². The van der Waals surface area contributed by atoms with Gasteiger partial charge in [-0.05, 0) is 23.6 Å². The van der Waals surface area contributed by atoms with Crippen LogP contribution in [0.2, 0.25) is 0 Å². The number of carbonyl (C=O) groups excluding carboxylic acids is 1. The zero-order valence-corrected chi connectivity index (χ0v) is 13.7. The van der Waals surface area contributed by atoms with Gasteiger partial charge < -0.3 is 10.2 Å². The first-order chi connectivity index (χ1) is 11.2. The van der Waals surface area contributed by atoms with Crippen LogP contribution in [0.1, 0.15) is 10.4 Å². The highest BCUT2D eigenvalue weighted by atomic mass is 32.1. The molecule has 1 N–H and O–H groups in total. The van der Waals surface area contributed by atoms with Gasteiger partial charge in [0, 0.05) is 23.7 Å². The number of carbonyl (C=O) groups is 1. The molecule has 0 aliphatic heterocycles. The first-order valence-corrected chi connectivity index (χ1v) is 8.20. The van der Waals surface area contributed by atoms with Crippen LogP contribution < -0.4 is 5.32 Å². The molecule has 2 aromatic heterocycles. The van der Waals surface area contributed by atoms with E-state index >= 15 is 0 Å². The summed E-state index contributed by atoms with van der Waals surface area (Å²) < 4.78 is 1.81. The summed E-state index contributed by atoms with van der Waals surface area (Å²) in [6.07, 6.45) is 3.73. The number of rotatable bonds is 5. The van der Waals surface area contributed by atoms with Gasteiger partial charge in [-0.3, -0.25) is 0 Å². The summed E-state index contributed by atoms with van der Waals surface area (Å²) in [5, 5.41) is 9.26. The van der Waals surface area contributed by atoms with E-state index in [0.717, 1.165) is 16.1 Å². The maximum atomic E-state index is 12.1. The van der Waals surface area contributed by atoms with Crippen molar-refractivity contribution >= 4 is 17.4 Å². The van der Waals surface area contributed by atoms with Gasteiger partial charge >= 0.3 is 6.03 Å². The van der Waals surface area contributed by atoms with Crippen molar-refractivity contribution in [2.75, 3.05) is 7.05 Å². The number of hydrogen-bond acceptors (Lipinski definition) is 3. The molecule has 0 saturated carbocycles.